The van der Waals surface area contributed by atoms with E-state index >= 15 is 0 Å². The molecule has 2 aliphatic heterocycles. The Labute approximate surface area is 111 Å². The molecular formula is C13H17N5O. The van der Waals surface area contributed by atoms with E-state index in [2.05, 4.69) is 32.4 Å². The van der Waals surface area contributed by atoms with E-state index in [1.165, 1.54) is 6.42 Å². The molecule has 3 heterocycles. The Kier molecular flexibility index (Phi) is 2.29. The molecule has 0 aromatic carbocycles. The minimum Gasteiger partial charge on any atom is -0.350 e. The fraction of sp³-hybridized carbons (Fsp3) is 0.615. The highest BCUT2D eigenvalue weighted by Crippen LogP contribution is 2.41. The Morgan fingerprint density at radius 1 is 1.42 bits per heavy atom. The van der Waals surface area contributed by atoms with E-state index < -0.39 is 0 Å². The fourth-order valence-corrected chi connectivity index (χ4v) is 3.28. The second kappa shape index (κ2) is 3.90. The van der Waals surface area contributed by atoms with Crippen LogP contribution < -0.4 is 15.5 Å². The van der Waals surface area contributed by atoms with Gasteiger partial charge in [0.15, 0.2) is 0 Å². The van der Waals surface area contributed by atoms with Crippen LogP contribution in [0.2, 0.25) is 0 Å². The molecule has 6 heteroatoms. The number of hydrogen-bond acceptors (Lipinski definition) is 5. The number of nitrogens with one attached hydrogen (secondary N) is 2. The number of nitrogens with zero attached hydrogens (tertiary/aromatic N) is 3. The standard InChI is InChI=1S/C13H17N5O/c1-7-4-10(19)17-12-11(7)13(16-6-15-12)18-3-2-14-8-5-9(8)18/h6-9,14H,2-5H2,1H3,(H,15,16,17,19)/t7-,8?,9?/m1/s1. The predicted octanol–water partition coefficient (Wildman–Crippen LogP) is 0.473. The van der Waals surface area contributed by atoms with E-state index in [9.17, 15) is 4.79 Å². The summed E-state index contributed by atoms with van der Waals surface area (Å²) in [6.07, 6.45) is 3.28. The Balaban J connectivity index is 1.76. The Morgan fingerprint density at radius 2 is 2.32 bits per heavy atom. The molecule has 1 aromatic rings. The van der Waals surface area contributed by atoms with E-state index in [1.807, 2.05) is 0 Å². The average molecular weight is 259 g/mol. The molecule has 0 bridgehead atoms. The molecule has 1 amide bonds. The zero-order valence-electron chi connectivity index (χ0n) is 10.9. The van der Waals surface area contributed by atoms with Crippen LogP contribution in [0.1, 0.15) is 31.2 Å². The summed E-state index contributed by atoms with van der Waals surface area (Å²) in [4.78, 5) is 22.7. The number of amides is 1. The van der Waals surface area contributed by atoms with Gasteiger partial charge in [-0.1, -0.05) is 6.92 Å². The van der Waals surface area contributed by atoms with Gasteiger partial charge in [0, 0.05) is 37.2 Å². The summed E-state index contributed by atoms with van der Waals surface area (Å²) in [5.41, 5.74) is 1.11. The third kappa shape index (κ3) is 1.70. The van der Waals surface area contributed by atoms with Crippen LogP contribution in [-0.4, -0.2) is 41.0 Å². The molecule has 19 heavy (non-hydrogen) atoms. The second-order valence-electron chi connectivity index (χ2n) is 5.67. The summed E-state index contributed by atoms with van der Waals surface area (Å²) >= 11 is 0. The Bertz CT molecular complexity index is 546. The summed E-state index contributed by atoms with van der Waals surface area (Å²) < 4.78 is 0. The first-order chi connectivity index (χ1) is 9.24. The number of hydrogen-bond donors (Lipinski definition) is 2. The first-order valence-corrected chi connectivity index (χ1v) is 6.89. The van der Waals surface area contributed by atoms with Crippen molar-refractivity contribution in [2.75, 3.05) is 23.3 Å². The van der Waals surface area contributed by atoms with Crippen LogP contribution in [0.25, 0.3) is 0 Å². The molecule has 1 saturated carbocycles. The van der Waals surface area contributed by atoms with Crippen molar-refractivity contribution in [1.82, 2.24) is 15.3 Å². The van der Waals surface area contributed by atoms with Crippen LogP contribution >= 0.6 is 0 Å². The molecule has 1 saturated heterocycles. The van der Waals surface area contributed by atoms with Crippen molar-refractivity contribution in [2.24, 2.45) is 0 Å². The lowest BCUT2D eigenvalue weighted by Gasteiger charge is -2.33. The summed E-state index contributed by atoms with van der Waals surface area (Å²) in [6.45, 7) is 4.06. The maximum atomic E-state index is 11.6. The van der Waals surface area contributed by atoms with Crippen molar-refractivity contribution in [2.45, 2.75) is 37.8 Å². The van der Waals surface area contributed by atoms with Gasteiger partial charge in [0.25, 0.3) is 0 Å². The van der Waals surface area contributed by atoms with Gasteiger partial charge in [-0.05, 0) is 12.3 Å². The van der Waals surface area contributed by atoms with Gasteiger partial charge in [-0.3, -0.25) is 4.79 Å². The summed E-state index contributed by atoms with van der Waals surface area (Å²) in [6, 6.07) is 1.19. The van der Waals surface area contributed by atoms with E-state index in [1.54, 1.807) is 6.33 Å². The van der Waals surface area contributed by atoms with Crippen LogP contribution in [-0.2, 0) is 4.79 Å². The van der Waals surface area contributed by atoms with E-state index in [0.29, 0.717) is 24.3 Å². The van der Waals surface area contributed by atoms with Gasteiger partial charge in [-0.25, -0.2) is 9.97 Å². The number of aromatic nitrogens is 2. The molecule has 4 rings (SSSR count). The second-order valence-corrected chi connectivity index (χ2v) is 5.67. The van der Waals surface area contributed by atoms with Crippen molar-refractivity contribution in [3.8, 4) is 0 Å². The highest BCUT2D eigenvalue weighted by molar-refractivity contribution is 5.94. The lowest BCUT2D eigenvalue weighted by Crippen LogP contribution is -2.44. The molecule has 3 aliphatic rings. The molecule has 2 fully saturated rings. The zero-order chi connectivity index (χ0) is 13.0. The number of carbonyl (C=O) groups is 1. The third-order valence-corrected chi connectivity index (χ3v) is 4.29. The molecule has 6 nitrogen and oxygen atoms in total. The van der Waals surface area contributed by atoms with Crippen LogP contribution in [0, 0.1) is 0 Å². The Morgan fingerprint density at radius 3 is 3.21 bits per heavy atom. The molecular weight excluding hydrogens is 242 g/mol. The maximum Gasteiger partial charge on any atom is 0.226 e. The molecule has 0 spiro atoms. The van der Waals surface area contributed by atoms with Crippen molar-refractivity contribution in [3.05, 3.63) is 11.9 Å². The average Bonchev–Trinajstić information content (AvgIpc) is 3.16. The maximum absolute atomic E-state index is 11.6. The first-order valence-electron chi connectivity index (χ1n) is 6.89. The van der Waals surface area contributed by atoms with Gasteiger partial charge < -0.3 is 15.5 Å². The van der Waals surface area contributed by atoms with Gasteiger partial charge in [-0.2, -0.15) is 0 Å². The first kappa shape index (κ1) is 11.2. The van der Waals surface area contributed by atoms with Crippen molar-refractivity contribution in [3.63, 3.8) is 0 Å². The Hall–Kier alpha value is -1.69. The summed E-state index contributed by atoms with van der Waals surface area (Å²) in [5, 5.41) is 6.37. The SMILES string of the molecule is C[C@@H]1CC(=O)Nc2ncnc(N3CCNC4CC43)c21. The quantitative estimate of drug-likeness (QED) is 0.767. The molecule has 2 unspecified atom stereocenters. The third-order valence-electron chi connectivity index (χ3n) is 4.29. The lowest BCUT2D eigenvalue weighted by molar-refractivity contribution is -0.116. The number of anilines is 2. The summed E-state index contributed by atoms with van der Waals surface area (Å²) in [5.74, 6) is 1.96. The molecule has 1 aliphatic carbocycles. The molecule has 3 atom stereocenters. The normalized spacial score (nSPS) is 32.4. The van der Waals surface area contributed by atoms with Crippen LogP contribution in [0.15, 0.2) is 6.33 Å². The fourth-order valence-electron chi connectivity index (χ4n) is 3.28. The number of piperazine rings is 1. The van der Waals surface area contributed by atoms with Gasteiger partial charge in [0.1, 0.15) is 18.0 Å². The highest BCUT2D eigenvalue weighted by atomic mass is 16.1. The lowest BCUT2D eigenvalue weighted by atomic mass is 9.94. The largest absolute Gasteiger partial charge is 0.350 e. The summed E-state index contributed by atoms with van der Waals surface area (Å²) in [7, 11) is 0. The number of fused-ring (bicyclic) bond motifs is 2. The van der Waals surface area contributed by atoms with E-state index in [-0.39, 0.29) is 11.8 Å². The van der Waals surface area contributed by atoms with Crippen molar-refractivity contribution in [1.29, 1.82) is 0 Å². The monoisotopic (exact) mass is 259 g/mol. The van der Waals surface area contributed by atoms with Gasteiger partial charge in [0.05, 0.1) is 0 Å². The molecule has 0 radical (unpaired) electrons. The number of rotatable bonds is 1. The van der Waals surface area contributed by atoms with Crippen LogP contribution in [0.4, 0.5) is 11.6 Å². The van der Waals surface area contributed by atoms with E-state index in [4.69, 9.17) is 0 Å². The van der Waals surface area contributed by atoms with Crippen molar-refractivity contribution < 1.29 is 4.79 Å². The minimum atomic E-state index is 0.0502. The topological polar surface area (TPSA) is 70.2 Å². The van der Waals surface area contributed by atoms with Crippen molar-refractivity contribution >= 4 is 17.5 Å². The van der Waals surface area contributed by atoms with Gasteiger partial charge >= 0.3 is 0 Å². The molecule has 1 aromatic heterocycles. The predicted molar refractivity (Wildman–Crippen MR) is 71.2 cm³/mol. The molecule has 2 N–H and O–H groups in total. The van der Waals surface area contributed by atoms with Crippen LogP contribution in [0.5, 0.6) is 0 Å². The van der Waals surface area contributed by atoms with Crippen LogP contribution in [0.3, 0.4) is 0 Å². The minimum absolute atomic E-state index is 0.0502. The zero-order valence-corrected chi connectivity index (χ0v) is 10.9. The highest BCUT2D eigenvalue weighted by Gasteiger charge is 2.46. The van der Waals surface area contributed by atoms with Gasteiger partial charge in [0.2, 0.25) is 5.91 Å². The van der Waals surface area contributed by atoms with Gasteiger partial charge in [-0.15, -0.1) is 0 Å². The smallest absolute Gasteiger partial charge is 0.226 e. The number of carbonyl (C=O) groups excluding carboxylic acids is 1. The molecule has 100 valence electrons. The van der Waals surface area contributed by atoms with E-state index in [0.717, 1.165) is 24.5 Å².